The molecule has 0 spiro atoms. The van der Waals surface area contributed by atoms with Crippen molar-refractivity contribution in [2.75, 3.05) is 20.8 Å². The summed E-state index contributed by atoms with van der Waals surface area (Å²) < 4.78 is 37.0. The van der Waals surface area contributed by atoms with Crippen LogP contribution in [0.3, 0.4) is 0 Å². The number of hydrogen-bond acceptors (Lipinski definition) is 5. The summed E-state index contributed by atoms with van der Waals surface area (Å²) >= 11 is 0. The Morgan fingerprint density at radius 2 is 1.95 bits per heavy atom. The van der Waals surface area contributed by atoms with Gasteiger partial charge in [0, 0.05) is 12.6 Å². The van der Waals surface area contributed by atoms with Gasteiger partial charge < -0.3 is 14.8 Å². The van der Waals surface area contributed by atoms with Crippen LogP contribution in [0.5, 0.6) is 11.5 Å². The molecule has 1 aromatic rings. The third kappa shape index (κ3) is 4.47. The fraction of sp³-hybridized carbons (Fsp3) is 0.357. The van der Waals surface area contributed by atoms with Crippen molar-refractivity contribution >= 4 is 15.9 Å². The van der Waals surface area contributed by atoms with Crippen molar-refractivity contribution in [1.29, 1.82) is 0 Å². The first-order valence-electron chi connectivity index (χ1n) is 6.48. The quantitative estimate of drug-likeness (QED) is 0.684. The highest BCUT2D eigenvalue weighted by molar-refractivity contribution is 7.89. The van der Waals surface area contributed by atoms with Gasteiger partial charge in [-0.25, -0.2) is 8.42 Å². The third-order valence-corrected chi connectivity index (χ3v) is 4.35. The number of methoxy groups -OCH3 is 2. The minimum absolute atomic E-state index is 0.0199. The van der Waals surface area contributed by atoms with Gasteiger partial charge in [0.1, 0.15) is 0 Å². The molecule has 122 valence electrons. The Labute approximate surface area is 130 Å². The zero-order chi connectivity index (χ0) is 16.8. The number of sulfonamides is 1. The van der Waals surface area contributed by atoms with E-state index in [4.69, 9.17) is 9.47 Å². The molecule has 0 aliphatic carbocycles. The van der Waals surface area contributed by atoms with Crippen molar-refractivity contribution in [2.24, 2.45) is 0 Å². The molecule has 1 unspecified atom stereocenters. The summed E-state index contributed by atoms with van der Waals surface area (Å²) in [7, 11) is -0.995. The summed E-state index contributed by atoms with van der Waals surface area (Å²) in [4.78, 5) is 11.7. The summed E-state index contributed by atoms with van der Waals surface area (Å²) in [5, 5.41) is 2.52. The van der Waals surface area contributed by atoms with E-state index in [9.17, 15) is 13.2 Å². The average molecular weight is 328 g/mol. The minimum atomic E-state index is -3.86. The van der Waals surface area contributed by atoms with Crippen LogP contribution >= 0.6 is 0 Å². The Morgan fingerprint density at radius 3 is 2.50 bits per heavy atom. The molecule has 0 heterocycles. The van der Waals surface area contributed by atoms with E-state index in [0.29, 0.717) is 5.75 Å². The molecular weight excluding hydrogens is 308 g/mol. The Hall–Kier alpha value is -2.06. The predicted molar refractivity (Wildman–Crippen MR) is 82.5 cm³/mol. The van der Waals surface area contributed by atoms with Crippen LogP contribution in [0.25, 0.3) is 0 Å². The van der Waals surface area contributed by atoms with Crippen LogP contribution in [0, 0.1) is 0 Å². The largest absolute Gasteiger partial charge is 0.493 e. The van der Waals surface area contributed by atoms with E-state index < -0.39 is 22.0 Å². The van der Waals surface area contributed by atoms with Crippen LogP contribution in [-0.4, -0.2) is 41.1 Å². The van der Waals surface area contributed by atoms with Crippen molar-refractivity contribution in [3.05, 3.63) is 30.9 Å². The molecule has 0 aliphatic rings. The van der Waals surface area contributed by atoms with E-state index in [1.165, 1.54) is 45.4 Å². The molecule has 0 aliphatic heterocycles. The summed E-state index contributed by atoms with van der Waals surface area (Å²) in [6.45, 7) is 5.19. The van der Waals surface area contributed by atoms with Gasteiger partial charge in [-0.2, -0.15) is 4.72 Å². The fourth-order valence-corrected chi connectivity index (χ4v) is 2.88. The number of hydrogen-bond donors (Lipinski definition) is 2. The van der Waals surface area contributed by atoms with Gasteiger partial charge in [0.15, 0.2) is 11.5 Å². The highest BCUT2D eigenvalue weighted by Gasteiger charge is 2.22. The zero-order valence-corrected chi connectivity index (χ0v) is 13.6. The predicted octanol–water partition coefficient (Wildman–Crippen LogP) is 0.673. The maximum absolute atomic E-state index is 12.3. The summed E-state index contributed by atoms with van der Waals surface area (Å²) in [5.41, 5.74) is 0. The van der Waals surface area contributed by atoms with Gasteiger partial charge in [0.2, 0.25) is 15.9 Å². The lowest BCUT2D eigenvalue weighted by Crippen LogP contribution is -2.44. The van der Waals surface area contributed by atoms with Gasteiger partial charge in [-0.05, 0) is 19.1 Å². The summed E-state index contributed by atoms with van der Waals surface area (Å²) in [5.74, 6) is 0.260. The van der Waals surface area contributed by atoms with E-state index in [-0.39, 0.29) is 17.2 Å². The molecule has 0 fully saturated rings. The number of rotatable bonds is 8. The van der Waals surface area contributed by atoms with Crippen LogP contribution in [-0.2, 0) is 14.8 Å². The lowest BCUT2D eigenvalue weighted by molar-refractivity contribution is -0.122. The summed E-state index contributed by atoms with van der Waals surface area (Å²) in [6.07, 6.45) is 1.51. The maximum Gasteiger partial charge on any atom is 0.241 e. The molecule has 1 aromatic carbocycles. The minimum Gasteiger partial charge on any atom is -0.493 e. The van der Waals surface area contributed by atoms with E-state index >= 15 is 0 Å². The molecule has 0 saturated carbocycles. The topological polar surface area (TPSA) is 93.7 Å². The lowest BCUT2D eigenvalue weighted by atomic mass is 10.3. The number of nitrogens with one attached hydrogen (secondary N) is 2. The first-order valence-corrected chi connectivity index (χ1v) is 7.97. The van der Waals surface area contributed by atoms with Crippen LogP contribution in [0.4, 0.5) is 0 Å². The van der Waals surface area contributed by atoms with Gasteiger partial charge in [-0.3, -0.25) is 4.79 Å². The molecule has 0 bridgehead atoms. The van der Waals surface area contributed by atoms with Gasteiger partial charge in [-0.1, -0.05) is 6.08 Å². The van der Waals surface area contributed by atoms with E-state index in [2.05, 4.69) is 16.6 Å². The summed E-state index contributed by atoms with van der Waals surface area (Å²) in [6, 6.07) is 3.27. The number of carbonyl (C=O) groups excluding carboxylic acids is 1. The fourth-order valence-electron chi connectivity index (χ4n) is 1.66. The second-order valence-corrected chi connectivity index (χ2v) is 6.11. The molecule has 1 amide bonds. The Kier molecular flexibility index (Phi) is 6.39. The van der Waals surface area contributed by atoms with Crippen LogP contribution in [0.15, 0.2) is 35.7 Å². The van der Waals surface area contributed by atoms with Gasteiger partial charge >= 0.3 is 0 Å². The zero-order valence-electron chi connectivity index (χ0n) is 12.8. The number of amides is 1. The number of benzene rings is 1. The highest BCUT2D eigenvalue weighted by atomic mass is 32.2. The molecule has 0 aromatic heterocycles. The molecule has 8 heteroatoms. The second kappa shape index (κ2) is 7.81. The van der Waals surface area contributed by atoms with Crippen LogP contribution < -0.4 is 19.5 Å². The van der Waals surface area contributed by atoms with Crippen LogP contribution in [0.2, 0.25) is 0 Å². The monoisotopic (exact) mass is 328 g/mol. The van der Waals surface area contributed by atoms with Crippen molar-refractivity contribution < 1.29 is 22.7 Å². The molecule has 22 heavy (non-hydrogen) atoms. The highest BCUT2D eigenvalue weighted by Crippen LogP contribution is 2.29. The van der Waals surface area contributed by atoms with Gasteiger partial charge in [0.05, 0.1) is 25.2 Å². The lowest BCUT2D eigenvalue weighted by Gasteiger charge is -2.15. The third-order valence-electron chi connectivity index (χ3n) is 2.81. The van der Waals surface area contributed by atoms with E-state index in [1.807, 2.05) is 0 Å². The smallest absolute Gasteiger partial charge is 0.241 e. The Morgan fingerprint density at radius 1 is 1.32 bits per heavy atom. The average Bonchev–Trinajstić information content (AvgIpc) is 2.51. The molecule has 1 rings (SSSR count). The molecule has 0 radical (unpaired) electrons. The van der Waals surface area contributed by atoms with Crippen molar-refractivity contribution in [1.82, 2.24) is 10.0 Å². The Bertz CT molecular complexity index is 643. The normalized spacial score (nSPS) is 12.3. The van der Waals surface area contributed by atoms with Gasteiger partial charge in [-0.15, -0.1) is 6.58 Å². The first kappa shape index (κ1) is 18.0. The van der Waals surface area contributed by atoms with Crippen molar-refractivity contribution in [3.63, 3.8) is 0 Å². The molecule has 2 N–H and O–H groups in total. The molecule has 1 atom stereocenters. The maximum atomic E-state index is 12.3. The second-order valence-electron chi connectivity index (χ2n) is 4.39. The number of ether oxygens (including phenoxy) is 2. The van der Waals surface area contributed by atoms with E-state index in [1.54, 1.807) is 0 Å². The van der Waals surface area contributed by atoms with Crippen LogP contribution in [0.1, 0.15) is 6.92 Å². The standard InChI is InChI=1S/C14H20N2O5S/c1-5-8-15-14(17)10(2)16-22(18,19)11-6-7-12(20-3)13(9-11)21-4/h5-7,9-10,16H,1,8H2,2-4H3,(H,15,17). The number of carbonyl (C=O) groups is 1. The first-order chi connectivity index (χ1) is 10.4. The van der Waals surface area contributed by atoms with Crippen molar-refractivity contribution in [3.8, 4) is 11.5 Å². The van der Waals surface area contributed by atoms with Gasteiger partial charge in [0.25, 0.3) is 0 Å². The van der Waals surface area contributed by atoms with Crippen molar-refractivity contribution in [2.45, 2.75) is 17.9 Å². The van der Waals surface area contributed by atoms with E-state index in [0.717, 1.165) is 0 Å². The molecular formula is C14H20N2O5S. The molecule has 0 saturated heterocycles. The molecule has 7 nitrogen and oxygen atoms in total. The Balaban J connectivity index is 2.95. The SMILES string of the molecule is C=CCNC(=O)C(C)NS(=O)(=O)c1ccc(OC)c(OC)c1.